The van der Waals surface area contributed by atoms with Gasteiger partial charge in [-0.3, -0.25) is 9.78 Å². The quantitative estimate of drug-likeness (QED) is 0.907. The number of rotatable bonds is 4. The second kappa shape index (κ2) is 6.31. The van der Waals surface area contributed by atoms with Crippen LogP contribution in [0.25, 0.3) is 0 Å². The maximum atomic E-state index is 12.0. The van der Waals surface area contributed by atoms with Crippen LogP contribution < -0.4 is 5.32 Å². The Morgan fingerprint density at radius 2 is 1.89 bits per heavy atom. The van der Waals surface area contributed by atoms with Crippen LogP contribution in [0.3, 0.4) is 0 Å². The fraction of sp³-hybridized carbons (Fsp3) is 0.133. The molecule has 1 unspecified atom stereocenters. The molecule has 0 fully saturated rings. The van der Waals surface area contributed by atoms with Gasteiger partial charge in [0.25, 0.3) is 0 Å². The molecule has 0 bridgehead atoms. The van der Waals surface area contributed by atoms with Crippen molar-refractivity contribution in [1.29, 1.82) is 5.26 Å². The average molecular weight is 251 g/mol. The van der Waals surface area contributed by atoms with Gasteiger partial charge in [-0.05, 0) is 24.1 Å². The second-order valence-corrected chi connectivity index (χ2v) is 4.10. The van der Waals surface area contributed by atoms with Crippen molar-refractivity contribution in [3.05, 3.63) is 60.4 Å². The number of carbonyl (C=O) groups excluding carboxylic acids is 1. The molecule has 0 saturated heterocycles. The number of nitriles is 1. The highest BCUT2D eigenvalue weighted by molar-refractivity contribution is 5.94. The fourth-order valence-corrected chi connectivity index (χ4v) is 1.71. The van der Waals surface area contributed by atoms with Crippen LogP contribution in [-0.2, 0) is 11.2 Å². The number of benzene rings is 1. The van der Waals surface area contributed by atoms with Crippen molar-refractivity contribution < 1.29 is 4.79 Å². The molecule has 2 rings (SSSR count). The first kappa shape index (κ1) is 12.8. The molecule has 4 nitrogen and oxygen atoms in total. The number of carbonyl (C=O) groups is 1. The molecular weight excluding hydrogens is 238 g/mol. The van der Waals surface area contributed by atoms with Gasteiger partial charge in [0.2, 0.25) is 5.91 Å². The zero-order chi connectivity index (χ0) is 13.5. The first-order chi connectivity index (χ1) is 9.29. The van der Waals surface area contributed by atoms with E-state index in [0.29, 0.717) is 12.1 Å². The number of hydrogen-bond donors (Lipinski definition) is 1. The van der Waals surface area contributed by atoms with Gasteiger partial charge in [0.15, 0.2) is 0 Å². The van der Waals surface area contributed by atoms with E-state index in [0.717, 1.165) is 5.56 Å². The molecule has 2 aromatic rings. The van der Waals surface area contributed by atoms with E-state index in [4.69, 9.17) is 5.26 Å². The molecule has 1 amide bonds. The summed E-state index contributed by atoms with van der Waals surface area (Å²) in [5.41, 5.74) is 1.62. The van der Waals surface area contributed by atoms with E-state index in [1.807, 2.05) is 36.4 Å². The second-order valence-electron chi connectivity index (χ2n) is 4.10. The van der Waals surface area contributed by atoms with Gasteiger partial charge >= 0.3 is 0 Å². The highest BCUT2D eigenvalue weighted by Crippen LogP contribution is 2.11. The lowest BCUT2D eigenvalue weighted by Gasteiger charge is -2.10. The van der Waals surface area contributed by atoms with E-state index >= 15 is 0 Å². The van der Waals surface area contributed by atoms with Crippen molar-refractivity contribution in [2.24, 2.45) is 5.92 Å². The summed E-state index contributed by atoms with van der Waals surface area (Å²) in [5, 5.41) is 11.8. The lowest BCUT2D eigenvalue weighted by molar-refractivity contribution is -0.118. The lowest BCUT2D eigenvalue weighted by Crippen LogP contribution is -2.23. The van der Waals surface area contributed by atoms with Gasteiger partial charge in [0.1, 0.15) is 5.92 Å². The normalized spacial score (nSPS) is 11.3. The standard InChI is InChI=1S/C15H13N3O/c16-11-13(10-12-4-2-1-3-5-12)15(19)18-14-6-8-17-9-7-14/h1-9,13H,10H2,(H,17,18,19). The van der Waals surface area contributed by atoms with Gasteiger partial charge in [0, 0.05) is 18.1 Å². The minimum absolute atomic E-state index is 0.294. The predicted octanol–water partition coefficient (Wildman–Crippen LogP) is 2.40. The predicted molar refractivity (Wildman–Crippen MR) is 72.1 cm³/mol. The number of aromatic nitrogens is 1. The minimum Gasteiger partial charge on any atom is -0.325 e. The molecule has 1 aromatic carbocycles. The van der Waals surface area contributed by atoms with E-state index in [1.165, 1.54) is 0 Å². The summed E-state index contributed by atoms with van der Waals surface area (Å²) in [6.07, 6.45) is 3.59. The molecule has 0 aliphatic heterocycles. The summed E-state index contributed by atoms with van der Waals surface area (Å²) in [5.74, 6) is -0.992. The average Bonchev–Trinajstić information content (AvgIpc) is 2.47. The lowest BCUT2D eigenvalue weighted by atomic mass is 10.00. The Hall–Kier alpha value is -2.67. The third-order valence-corrected chi connectivity index (χ3v) is 2.70. The van der Waals surface area contributed by atoms with E-state index in [-0.39, 0.29) is 5.91 Å². The van der Waals surface area contributed by atoms with Gasteiger partial charge in [-0.1, -0.05) is 30.3 Å². The molecule has 94 valence electrons. The molecule has 19 heavy (non-hydrogen) atoms. The number of anilines is 1. The van der Waals surface area contributed by atoms with Gasteiger partial charge < -0.3 is 5.32 Å². The van der Waals surface area contributed by atoms with Crippen LogP contribution >= 0.6 is 0 Å². The summed E-state index contributed by atoms with van der Waals surface area (Å²) in [6.45, 7) is 0. The molecule has 1 heterocycles. The van der Waals surface area contributed by atoms with Crippen LogP contribution in [0.2, 0.25) is 0 Å². The highest BCUT2D eigenvalue weighted by atomic mass is 16.1. The zero-order valence-electron chi connectivity index (χ0n) is 10.3. The van der Waals surface area contributed by atoms with Crippen molar-refractivity contribution in [2.45, 2.75) is 6.42 Å². The van der Waals surface area contributed by atoms with Crippen LogP contribution in [-0.4, -0.2) is 10.9 Å². The summed E-state index contributed by atoms with van der Waals surface area (Å²) < 4.78 is 0. The van der Waals surface area contributed by atoms with Gasteiger partial charge in [0.05, 0.1) is 6.07 Å². The molecule has 0 saturated carbocycles. The number of pyridine rings is 1. The Labute approximate surface area is 111 Å². The van der Waals surface area contributed by atoms with Gasteiger partial charge in [-0.15, -0.1) is 0 Å². The van der Waals surface area contributed by atoms with Crippen LogP contribution in [0, 0.1) is 17.2 Å². The summed E-state index contributed by atoms with van der Waals surface area (Å²) in [4.78, 5) is 15.9. The Bertz CT molecular complexity index is 575. The van der Waals surface area contributed by atoms with E-state index in [9.17, 15) is 4.79 Å². The monoisotopic (exact) mass is 251 g/mol. The number of nitrogens with one attached hydrogen (secondary N) is 1. The van der Waals surface area contributed by atoms with E-state index in [2.05, 4.69) is 10.3 Å². The molecule has 0 spiro atoms. The molecule has 1 N–H and O–H groups in total. The summed E-state index contributed by atoms with van der Waals surface area (Å²) in [6, 6.07) is 14.9. The van der Waals surface area contributed by atoms with Gasteiger partial charge in [-0.25, -0.2) is 0 Å². The first-order valence-corrected chi connectivity index (χ1v) is 5.94. The van der Waals surface area contributed by atoms with Crippen LogP contribution in [0.1, 0.15) is 5.56 Å². The van der Waals surface area contributed by atoms with Crippen LogP contribution in [0.4, 0.5) is 5.69 Å². The maximum Gasteiger partial charge on any atom is 0.242 e. The molecule has 0 aliphatic carbocycles. The Morgan fingerprint density at radius 1 is 1.21 bits per heavy atom. The largest absolute Gasteiger partial charge is 0.325 e. The van der Waals surface area contributed by atoms with E-state index in [1.54, 1.807) is 24.5 Å². The minimum atomic E-state index is -0.699. The SMILES string of the molecule is N#CC(Cc1ccccc1)C(=O)Nc1ccncc1. The fourth-order valence-electron chi connectivity index (χ4n) is 1.71. The highest BCUT2D eigenvalue weighted by Gasteiger charge is 2.18. The third-order valence-electron chi connectivity index (χ3n) is 2.70. The number of nitrogens with zero attached hydrogens (tertiary/aromatic N) is 2. The number of amides is 1. The van der Waals surface area contributed by atoms with Gasteiger partial charge in [-0.2, -0.15) is 5.26 Å². The molecule has 4 heteroatoms. The van der Waals surface area contributed by atoms with E-state index < -0.39 is 5.92 Å². The molecule has 1 aromatic heterocycles. The zero-order valence-corrected chi connectivity index (χ0v) is 10.3. The van der Waals surface area contributed by atoms with Crippen LogP contribution in [0.15, 0.2) is 54.9 Å². The number of hydrogen-bond acceptors (Lipinski definition) is 3. The van der Waals surface area contributed by atoms with Crippen molar-refractivity contribution in [3.63, 3.8) is 0 Å². The Balaban J connectivity index is 2.02. The maximum absolute atomic E-state index is 12.0. The smallest absolute Gasteiger partial charge is 0.242 e. The third kappa shape index (κ3) is 3.65. The van der Waals surface area contributed by atoms with Crippen molar-refractivity contribution in [3.8, 4) is 6.07 Å². The van der Waals surface area contributed by atoms with Crippen molar-refractivity contribution in [1.82, 2.24) is 4.98 Å². The van der Waals surface area contributed by atoms with Crippen molar-refractivity contribution >= 4 is 11.6 Å². The summed E-state index contributed by atoms with van der Waals surface area (Å²) >= 11 is 0. The molecule has 0 aliphatic rings. The van der Waals surface area contributed by atoms with Crippen LogP contribution in [0.5, 0.6) is 0 Å². The summed E-state index contributed by atoms with van der Waals surface area (Å²) in [7, 11) is 0. The molecular formula is C15H13N3O. The Morgan fingerprint density at radius 3 is 2.53 bits per heavy atom. The molecule has 0 radical (unpaired) electrons. The topological polar surface area (TPSA) is 65.8 Å². The Kier molecular flexibility index (Phi) is 4.25. The molecule has 1 atom stereocenters. The van der Waals surface area contributed by atoms with Crippen molar-refractivity contribution in [2.75, 3.05) is 5.32 Å². The first-order valence-electron chi connectivity index (χ1n) is 5.94.